The quantitative estimate of drug-likeness (QED) is 0.165. The van der Waals surface area contributed by atoms with Gasteiger partial charge in [0.1, 0.15) is 0 Å². The number of hydrogen-bond acceptors (Lipinski definition) is 1. The molecule has 0 aliphatic heterocycles. The molecule has 0 unspecified atom stereocenters. The van der Waals surface area contributed by atoms with Gasteiger partial charge in [-0.25, -0.2) is 0 Å². The number of thiophene rings is 1. The first-order valence-electron chi connectivity index (χ1n) is 17.6. The highest BCUT2D eigenvalue weighted by atomic mass is 32.1. The highest BCUT2D eigenvalue weighted by Gasteiger charge is 2.17. The fraction of sp³-hybridized carbons (Fsp3) is 0. The van der Waals surface area contributed by atoms with Gasteiger partial charge in [-0.1, -0.05) is 152 Å². The number of hydrogen-bond donors (Lipinski definition) is 0. The molecular weight excluding hydrogens is 633 g/mol. The minimum absolute atomic E-state index is 1.23. The summed E-state index contributed by atoms with van der Waals surface area (Å²) in [6.45, 7) is 0. The summed E-state index contributed by atoms with van der Waals surface area (Å²) < 4.78 is 2.68. The molecule has 0 aliphatic rings. The summed E-state index contributed by atoms with van der Waals surface area (Å²) in [5.41, 5.74) is 7.43. The van der Waals surface area contributed by atoms with E-state index in [4.69, 9.17) is 0 Å². The lowest BCUT2D eigenvalue weighted by molar-refractivity contribution is 1.62. The van der Waals surface area contributed by atoms with Crippen molar-refractivity contribution < 1.29 is 0 Å². The molecule has 1 heterocycles. The Labute approximate surface area is 299 Å². The molecule has 236 valence electrons. The van der Waals surface area contributed by atoms with Crippen molar-refractivity contribution in [3.05, 3.63) is 182 Å². The summed E-state index contributed by atoms with van der Waals surface area (Å²) in [6.07, 6.45) is 0. The molecule has 0 saturated carbocycles. The van der Waals surface area contributed by atoms with Gasteiger partial charge in [-0.3, -0.25) is 0 Å². The molecule has 0 fully saturated rings. The normalized spacial score (nSPS) is 11.9. The van der Waals surface area contributed by atoms with E-state index < -0.39 is 0 Å². The number of benzene rings is 10. The molecule has 0 spiro atoms. The van der Waals surface area contributed by atoms with Crippen LogP contribution in [0, 0.1) is 0 Å². The van der Waals surface area contributed by atoms with Crippen LogP contribution in [0.15, 0.2) is 182 Å². The molecule has 1 heteroatoms. The van der Waals surface area contributed by atoms with Crippen LogP contribution in [-0.4, -0.2) is 0 Å². The van der Waals surface area contributed by atoms with Gasteiger partial charge in [-0.05, 0) is 118 Å². The molecule has 0 atom stereocenters. The summed E-state index contributed by atoms with van der Waals surface area (Å²) in [4.78, 5) is 0. The maximum absolute atomic E-state index is 2.41. The van der Waals surface area contributed by atoms with E-state index in [0.29, 0.717) is 0 Å². The second kappa shape index (κ2) is 11.1. The third-order valence-corrected chi connectivity index (χ3v) is 12.0. The topological polar surface area (TPSA) is 0 Å². The van der Waals surface area contributed by atoms with Gasteiger partial charge < -0.3 is 0 Å². The van der Waals surface area contributed by atoms with Crippen LogP contribution in [0.1, 0.15) is 0 Å². The van der Waals surface area contributed by atoms with Gasteiger partial charge in [0.15, 0.2) is 0 Å². The minimum atomic E-state index is 1.23. The molecule has 0 nitrogen and oxygen atoms in total. The first-order valence-corrected chi connectivity index (χ1v) is 18.4. The Kier molecular flexibility index (Phi) is 6.22. The molecule has 0 bridgehead atoms. The van der Waals surface area contributed by atoms with Crippen molar-refractivity contribution in [1.29, 1.82) is 0 Å². The number of fused-ring (bicyclic) bond motifs is 14. The first-order chi connectivity index (χ1) is 25.3. The average molecular weight is 663 g/mol. The molecule has 51 heavy (non-hydrogen) atoms. The van der Waals surface area contributed by atoms with Crippen molar-refractivity contribution in [3.63, 3.8) is 0 Å². The molecule has 10 aromatic carbocycles. The zero-order chi connectivity index (χ0) is 33.5. The lowest BCUT2D eigenvalue weighted by atomic mass is 9.85. The van der Waals surface area contributed by atoms with Crippen LogP contribution in [0.2, 0.25) is 0 Å². The third-order valence-electron chi connectivity index (χ3n) is 10.8. The van der Waals surface area contributed by atoms with Crippen LogP contribution in [0.5, 0.6) is 0 Å². The monoisotopic (exact) mass is 662 g/mol. The van der Waals surface area contributed by atoms with E-state index in [1.165, 1.54) is 107 Å². The average Bonchev–Trinajstić information content (AvgIpc) is 3.59. The smallest absolute Gasteiger partial charge is 0.0355 e. The Balaban J connectivity index is 1.10. The van der Waals surface area contributed by atoms with Crippen molar-refractivity contribution in [2.75, 3.05) is 0 Å². The van der Waals surface area contributed by atoms with Crippen molar-refractivity contribution in [2.24, 2.45) is 0 Å². The summed E-state index contributed by atoms with van der Waals surface area (Å²) >= 11 is 1.87. The summed E-state index contributed by atoms with van der Waals surface area (Å²) in [5, 5.41) is 15.7. The summed E-state index contributed by atoms with van der Waals surface area (Å²) in [5.74, 6) is 0. The van der Waals surface area contributed by atoms with E-state index in [2.05, 4.69) is 182 Å². The summed E-state index contributed by atoms with van der Waals surface area (Å²) in [7, 11) is 0. The number of rotatable bonds is 3. The molecule has 11 rings (SSSR count). The summed E-state index contributed by atoms with van der Waals surface area (Å²) in [6, 6.07) is 67.5. The fourth-order valence-electron chi connectivity index (χ4n) is 8.42. The molecule has 0 amide bonds. The Morgan fingerprint density at radius 2 is 0.588 bits per heavy atom. The molecule has 0 aliphatic carbocycles. The van der Waals surface area contributed by atoms with Gasteiger partial charge >= 0.3 is 0 Å². The van der Waals surface area contributed by atoms with Crippen LogP contribution in [-0.2, 0) is 0 Å². The van der Waals surface area contributed by atoms with Crippen molar-refractivity contribution in [1.82, 2.24) is 0 Å². The van der Waals surface area contributed by atoms with Crippen molar-refractivity contribution in [2.45, 2.75) is 0 Å². The maximum Gasteiger partial charge on any atom is 0.0355 e. The second-order valence-electron chi connectivity index (χ2n) is 13.6. The Hall–Kier alpha value is -6.28. The lowest BCUT2D eigenvalue weighted by Gasteiger charge is -2.18. The largest absolute Gasteiger partial charge is 0.135 e. The Morgan fingerprint density at radius 1 is 0.216 bits per heavy atom. The third kappa shape index (κ3) is 4.39. The van der Waals surface area contributed by atoms with Gasteiger partial charge in [-0.15, -0.1) is 11.3 Å². The van der Waals surface area contributed by atoms with Crippen LogP contribution >= 0.6 is 11.3 Å². The first kappa shape index (κ1) is 28.5. The zero-order valence-corrected chi connectivity index (χ0v) is 28.5. The lowest BCUT2D eigenvalue weighted by Crippen LogP contribution is -1.90. The van der Waals surface area contributed by atoms with Crippen molar-refractivity contribution in [3.8, 4) is 33.4 Å². The van der Waals surface area contributed by atoms with E-state index in [1.807, 2.05) is 11.3 Å². The standard InChI is InChI=1S/C50H30S/c1-2-10-31(11-3-1)34-22-25-42-44(28-34)37-12-4-6-15-40(37)50-43-26-23-35(29-45(43)38-13-5-7-16-41(38)49(42)50)32-18-20-33(21-19-32)36-24-27-48-46(30-36)39-14-8-9-17-47(39)51-48/h1-30H. The highest BCUT2D eigenvalue weighted by molar-refractivity contribution is 7.25. The van der Waals surface area contributed by atoms with Crippen LogP contribution in [0.4, 0.5) is 0 Å². The van der Waals surface area contributed by atoms with Crippen LogP contribution in [0.3, 0.4) is 0 Å². The van der Waals surface area contributed by atoms with E-state index in [0.717, 1.165) is 0 Å². The van der Waals surface area contributed by atoms with Gasteiger partial charge in [-0.2, -0.15) is 0 Å². The molecular formula is C50H30S. The molecule has 0 radical (unpaired) electrons. The maximum atomic E-state index is 2.41. The molecule has 1 aromatic heterocycles. The Bertz CT molecular complexity index is 3170. The van der Waals surface area contributed by atoms with Gasteiger partial charge in [0.05, 0.1) is 0 Å². The van der Waals surface area contributed by atoms with E-state index in [9.17, 15) is 0 Å². The van der Waals surface area contributed by atoms with Gasteiger partial charge in [0.2, 0.25) is 0 Å². The SMILES string of the molecule is c1ccc(-c2ccc3c(c2)c2ccccc2c2c4ccc(-c5ccc(-c6ccc7sc8ccccc8c7c6)cc5)cc4c4ccccc4c32)cc1. The van der Waals surface area contributed by atoms with Gasteiger partial charge in [0, 0.05) is 20.2 Å². The molecule has 0 N–H and O–H groups in total. The second-order valence-corrected chi connectivity index (χ2v) is 14.7. The zero-order valence-electron chi connectivity index (χ0n) is 27.7. The van der Waals surface area contributed by atoms with E-state index in [1.54, 1.807) is 0 Å². The van der Waals surface area contributed by atoms with E-state index in [-0.39, 0.29) is 0 Å². The van der Waals surface area contributed by atoms with Crippen LogP contribution in [0.25, 0.3) is 107 Å². The minimum Gasteiger partial charge on any atom is -0.135 e. The van der Waals surface area contributed by atoms with Crippen molar-refractivity contribution >= 4 is 85.4 Å². The van der Waals surface area contributed by atoms with Crippen LogP contribution < -0.4 is 0 Å². The van der Waals surface area contributed by atoms with E-state index >= 15 is 0 Å². The molecule has 11 aromatic rings. The van der Waals surface area contributed by atoms with Gasteiger partial charge in [0.25, 0.3) is 0 Å². The molecule has 0 saturated heterocycles. The Morgan fingerprint density at radius 3 is 1.16 bits per heavy atom. The highest BCUT2D eigenvalue weighted by Crippen LogP contribution is 2.45. The fourth-order valence-corrected chi connectivity index (χ4v) is 9.51. The predicted molar refractivity (Wildman–Crippen MR) is 223 cm³/mol. The predicted octanol–water partition coefficient (Wildman–Crippen LogP) is 14.8.